The van der Waals surface area contributed by atoms with Gasteiger partial charge in [-0.25, -0.2) is 0 Å². The van der Waals surface area contributed by atoms with E-state index in [1.165, 1.54) is 0 Å². The molecular formula is C11H25N3O. The van der Waals surface area contributed by atoms with Crippen molar-refractivity contribution < 1.29 is 4.74 Å². The highest BCUT2D eigenvalue weighted by molar-refractivity contribution is 4.76. The fraction of sp³-hybridized carbons (Fsp3) is 1.00. The number of hydrogen-bond donors (Lipinski definition) is 1. The van der Waals surface area contributed by atoms with E-state index >= 15 is 0 Å². The molecule has 1 heterocycles. The van der Waals surface area contributed by atoms with Crippen molar-refractivity contribution in [1.29, 1.82) is 0 Å². The average Bonchev–Trinajstić information content (AvgIpc) is 2.31. The number of likely N-dealkylation sites (N-methyl/N-ethyl adjacent to an activating group) is 1. The first-order valence-electron chi connectivity index (χ1n) is 6.06. The molecule has 0 amide bonds. The zero-order valence-electron chi connectivity index (χ0n) is 10.1. The highest BCUT2D eigenvalue weighted by Crippen LogP contribution is 2.05. The first-order chi connectivity index (χ1) is 7.31. The topological polar surface area (TPSA) is 41.7 Å². The number of rotatable bonds is 6. The van der Waals surface area contributed by atoms with E-state index in [0.29, 0.717) is 12.6 Å². The van der Waals surface area contributed by atoms with Crippen LogP contribution in [0.5, 0.6) is 0 Å². The molecule has 0 radical (unpaired) electrons. The van der Waals surface area contributed by atoms with Gasteiger partial charge in [-0.1, -0.05) is 13.8 Å². The summed E-state index contributed by atoms with van der Waals surface area (Å²) in [5.41, 5.74) is 5.73. The summed E-state index contributed by atoms with van der Waals surface area (Å²) in [7, 11) is 0. The van der Waals surface area contributed by atoms with Gasteiger partial charge in [0, 0.05) is 32.2 Å². The van der Waals surface area contributed by atoms with E-state index in [-0.39, 0.29) is 0 Å². The van der Waals surface area contributed by atoms with Gasteiger partial charge in [0.2, 0.25) is 0 Å². The lowest BCUT2D eigenvalue weighted by atomic mass is 10.2. The van der Waals surface area contributed by atoms with Crippen LogP contribution in [-0.4, -0.2) is 68.3 Å². The quantitative estimate of drug-likeness (QED) is 0.676. The second-order valence-corrected chi connectivity index (χ2v) is 4.03. The number of ether oxygens (including phenoxy) is 1. The van der Waals surface area contributed by atoms with Crippen LogP contribution in [0.1, 0.15) is 13.8 Å². The molecule has 0 spiro atoms. The molecule has 15 heavy (non-hydrogen) atoms. The summed E-state index contributed by atoms with van der Waals surface area (Å²) in [6.45, 7) is 12.3. The maximum Gasteiger partial charge on any atom is 0.0634 e. The lowest BCUT2D eigenvalue weighted by molar-refractivity contribution is -0.00709. The van der Waals surface area contributed by atoms with E-state index in [9.17, 15) is 0 Å². The third-order valence-corrected chi connectivity index (χ3v) is 3.22. The number of nitrogens with zero attached hydrogens (tertiary/aromatic N) is 2. The Morgan fingerprint density at radius 3 is 2.73 bits per heavy atom. The van der Waals surface area contributed by atoms with Crippen LogP contribution in [0.15, 0.2) is 0 Å². The predicted molar refractivity (Wildman–Crippen MR) is 63.0 cm³/mol. The van der Waals surface area contributed by atoms with E-state index in [1.54, 1.807) is 0 Å². The summed E-state index contributed by atoms with van der Waals surface area (Å²) in [5, 5.41) is 0. The normalized spacial score (nSPS) is 23.6. The van der Waals surface area contributed by atoms with Gasteiger partial charge >= 0.3 is 0 Å². The zero-order chi connectivity index (χ0) is 11.1. The van der Waals surface area contributed by atoms with Crippen molar-refractivity contribution in [2.45, 2.75) is 19.9 Å². The monoisotopic (exact) mass is 215 g/mol. The Kier molecular flexibility index (Phi) is 6.17. The molecule has 1 aliphatic heterocycles. The third-order valence-electron chi connectivity index (χ3n) is 3.22. The first-order valence-corrected chi connectivity index (χ1v) is 6.06. The Bertz CT molecular complexity index is 162. The number of morpholine rings is 1. The van der Waals surface area contributed by atoms with Crippen LogP contribution in [0.2, 0.25) is 0 Å². The van der Waals surface area contributed by atoms with Crippen molar-refractivity contribution in [3.8, 4) is 0 Å². The van der Waals surface area contributed by atoms with Crippen molar-refractivity contribution >= 4 is 0 Å². The fourth-order valence-corrected chi connectivity index (χ4v) is 2.01. The van der Waals surface area contributed by atoms with Crippen molar-refractivity contribution in [3.63, 3.8) is 0 Å². The summed E-state index contributed by atoms with van der Waals surface area (Å²) >= 11 is 0. The van der Waals surface area contributed by atoms with Crippen molar-refractivity contribution in [2.24, 2.45) is 5.73 Å². The van der Waals surface area contributed by atoms with Gasteiger partial charge in [-0.05, 0) is 13.1 Å². The summed E-state index contributed by atoms with van der Waals surface area (Å²) < 4.78 is 5.43. The molecule has 90 valence electrons. The molecule has 4 nitrogen and oxygen atoms in total. The minimum atomic E-state index is 0.425. The van der Waals surface area contributed by atoms with Crippen LogP contribution in [0, 0.1) is 0 Å². The molecule has 0 bridgehead atoms. The molecule has 1 saturated heterocycles. The molecule has 2 N–H and O–H groups in total. The Morgan fingerprint density at radius 2 is 2.13 bits per heavy atom. The van der Waals surface area contributed by atoms with Gasteiger partial charge in [0.15, 0.2) is 0 Å². The highest BCUT2D eigenvalue weighted by atomic mass is 16.5. The van der Waals surface area contributed by atoms with Crippen molar-refractivity contribution in [2.75, 3.05) is 52.5 Å². The smallest absolute Gasteiger partial charge is 0.0634 e. The molecule has 1 rings (SSSR count). The third kappa shape index (κ3) is 4.07. The molecule has 1 aliphatic rings. The Balaban J connectivity index is 2.28. The summed E-state index contributed by atoms with van der Waals surface area (Å²) in [6.07, 6.45) is 0. The van der Waals surface area contributed by atoms with Crippen LogP contribution in [0.3, 0.4) is 0 Å². The molecule has 0 aromatic rings. The molecule has 1 unspecified atom stereocenters. The van der Waals surface area contributed by atoms with E-state index in [2.05, 4.69) is 23.6 Å². The standard InChI is InChI=1S/C11H25N3O/c1-3-13(4-2)5-6-14-7-8-15-10-11(14)9-12/h11H,3-10,12H2,1-2H3. The maximum atomic E-state index is 5.73. The average molecular weight is 215 g/mol. The van der Waals surface area contributed by atoms with Crippen LogP contribution in [0.4, 0.5) is 0 Å². The van der Waals surface area contributed by atoms with Crippen molar-refractivity contribution in [3.05, 3.63) is 0 Å². The van der Waals surface area contributed by atoms with Crippen LogP contribution >= 0.6 is 0 Å². The van der Waals surface area contributed by atoms with Gasteiger partial charge in [0.1, 0.15) is 0 Å². The fourth-order valence-electron chi connectivity index (χ4n) is 2.01. The minimum Gasteiger partial charge on any atom is -0.378 e. The molecule has 1 fully saturated rings. The van der Waals surface area contributed by atoms with Gasteiger partial charge in [0.05, 0.1) is 13.2 Å². The van der Waals surface area contributed by atoms with Crippen LogP contribution in [0.25, 0.3) is 0 Å². The van der Waals surface area contributed by atoms with Crippen LogP contribution in [-0.2, 0) is 4.74 Å². The van der Waals surface area contributed by atoms with E-state index < -0.39 is 0 Å². The Hall–Kier alpha value is -0.160. The lowest BCUT2D eigenvalue weighted by Crippen LogP contribution is -2.51. The Labute approximate surface area is 93.4 Å². The summed E-state index contributed by atoms with van der Waals surface area (Å²) in [4.78, 5) is 4.91. The molecule has 1 atom stereocenters. The Morgan fingerprint density at radius 1 is 1.40 bits per heavy atom. The maximum absolute atomic E-state index is 5.73. The number of hydrogen-bond acceptors (Lipinski definition) is 4. The molecule has 0 saturated carbocycles. The van der Waals surface area contributed by atoms with Gasteiger partial charge in [-0.15, -0.1) is 0 Å². The summed E-state index contributed by atoms with van der Waals surface area (Å²) in [6, 6.07) is 0.425. The lowest BCUT2D eigenvalue weighted by Gasteiger charge is -2.36. The highest BCUT2D eigenvalue weighted by Gasteiger charge is 2.21. The molecule has 0 aromatic carbocycles. The first kappa shape index (κ1) is 12.9. The molecule has 4 heteroatoms. The van der Waals surface area contributed by atoms with Crippen molar-refractivity contribution in [1.82, 2.24) is 9.80 Å². The molecular weight excluding hydrogens is 190 g/mol. The number of nitrogens with two attached hydrogens (primary N) is 1. The van der Waals surface area contributed by atoms with Crippen LogP contribution < -0.4 is 5.73 Å². The molecule has 0 aliphatic carbocycles. The van der Waals surface area contributed by atoms with E-state index in [1.807, 2.05) is 0 Å². The van der Waals surface area contributed by atoms with E-state index in [0.717, 1.165) is 45.9 Å². The summed E-state index contributed by atoms with van der Waals surface area (Å²) in [5.74, 6) is 0. The second kappa shape index (κ2) is 7.17. The van der Waals surface area contributed by atoms with E-state index in [4.69, 9.17) is 10.5 Å². The second-order valence-electron chi connectivity index (χ2n) is 4.03. The molecule has 0 aromatic heterocycles. The van der Waals surface area contributed by atoms with Gasteiger partial charge in [-0.2, -0.15) is 0 Å². The van der Waals surface area contributed by atoms with Gasteiger partial charge in [0.25, 0.3) is 0 Å². The largest absolute Gasteiger partial charge is 0.378 e. The van der Waals surface area contributed by atoms with Gasteiger partial charge < -0.3 is 15.4 Å². The predicted octanol–water partition coefficient (Wildman–Crippen LogP) is -0.0123. The zero-order valence-corrected chi connectivity index (χ0v) is 10.1. The van der Waals surface area contributed by atoms with Gasteiger partial charge in [-0.3, -0.25) is 4.90 Å². The SMILES string of the molecule is CCN(CC)CCN1CCOCC1CN. The minimum absolute atomic E-state index is 0.425.